The minimum Gasteiger partial charge on any atom is -0.493 e. The number of rotatable bonds is 6. The molecule has 1 N–H and O–H groups in total. The Balaban J connectivity index is 1.82. The molecule has 2 rings (SSSR count). The molecule has 0 aliphatic carbocycles. The number of aromatic nitrogens is 1. The maximum Gasteiger partial charge on any atom is 0.258 e. The van der Waals surface area contributed by atoms with E-state index in [1.807, 2.05) is 17.5 Å². The molecule has 0 unspecified atom stereocenters. The molecule has 124 valence electrons. The van der Waals surface area contributed by atoms with Crippen LogP contribution in [-0.2, 0) is 16.8 Å². The highest BCUT2D eigenvalue weighted by atomic mass is 32.1. The van der Waals surface area contributed by atoms with Gasteiger partial charge in [0.15, 0.2) is 18.1 Å². The van der Waals surface area contributed by atoms with Gasteiger partial charge in [-0.15, -0.1) is 11.3 Å². The van der Waals surface area contributed by atoms with Gasteiger partial charge in [-0.3, -0.25) is 4.79 Å². The first-order chi connectivity index (χ1) is 10.9. The topological polar surface area (TPSA) is 60.5 Å². The summed E-state index contributed by atoms with van der Waals surface area (Å²) < 4.78 is 10.7. The normalized spacial score (nSPS) is 11.1. The molecule has 5 nitrogen and oxygen atoms in total. The third-order valence-corrected chi connectivity index (χ3v) is 4.03. The molecule has 0 fully saturated rings. The predicted octanol–water partition coefficient (Wildman–Crippen LogP) is 3.14. The average Bonchev–Trinajstić information content (AvgIpc) is 3.00. The summed E-state index contributed by atoms with van der Waals surface area (Å²) in [6.07, 6.45) is 0. The van der Waals surface area contributed by atoms with Crippen LogP contribution in [0.1, 0.15) is 31.5 Å². The Morgan fingerprint density at radius 1 is 1.26 bits per heavy atom. The van der Waals surface area contributed by atoms with Gasteiger partial charge in [-0.2, -0.15) is 0 Å². The maximum atomic E-state index is 11.9. The Labute approximate surface area is 140 Å². The number of hydrogen-bond donors (Lipinski definition) is 1. The van der Waals surface area contributed by atoms with E-state index in [1.54, 1.807) is 30.6 Å². The zero-order valence-corrected chi connectivity index (χ0v) is 14.7. The molecule has 0 saturated heterocycles. The zero-order chi connectivity index (χ0) is 16.9. The van der Waals surface area contributed by atoms with E-state index in [9.17, 15) is 4.79 Å². The van der Waals surface area contributed by atoms with E-state index >= 15 is 0 Å². The zero-order valence-electron chi connectivity index (χ0n) is 13.9. The van der Waals surface area contributed by atoms with Gasteiger partial charge in [0, 0.05) is 10.8 Å². The summed E-state index contributed by atoms with van der Waals surface area (Å²) in [4.78, 5) is 16.4. The Bertz CT molecular complexity index is 662. The predicted molar refractivity (Wildman–Crippen MR) is 91.1 cm³/mol. The van der Waals surface area contributed by atoms with Crippen LogP contribution in [0.2, 0.25) is 0 Å². The van der Waals surface area contributed by atoms with E-state index in [0.29, 0.717) is 18.0 Å². The minimum atomic E-state index is -0.191. The summed E-state index contributed by atoms with van der Waals surface area (Å²) in [5.41, 5.74) is 1.06. The van der Waals surface area contributed by atoms with Crippen LogP contribution >= 0.6 is 11.3 Å². The largest absolute Gasteiger partial charge is 0.493 e. The molecule has 0 aliphatic heterocycles. The van der Waals surface area contributed by atoms with Gasteiger partial charge in [-0.05, 0) is 12.1 Å². The number of carbonyl (C=O) groups is 1. The summed E-state index contributed by atoms with van der Waals surface area (Å²) in [7, 11) is 1.57. The highest BCUT2D eigenvalue weighted by Gasteiger charge is 2.17. The fraction of sp³-hybridized carbons (Fsp3) is 0.412. The number of para-hydroxylation sites is 2. The van der Waals surface area contributed by atoms with E-state index in [2.05, 4.69) is 31.1 Å². The number of methoxy groups -OCH3 is 1. The lowest BCUT2D eigenvalue weighted by atomic mass is 9.93. The van der Waals surface area contributed by atoms with Crippen LogP contribution in [0.15, 0.2) is 29.6 Å². The van der Waals surface area contributed by atoms with Gasteiger partial charge in [0.25, 0.3) is 5.91 Å². The van der Waals surface area contributed by atoms with Crippen molar-refractivity contribution in [2.24, 2.45) is 0 Å². The summed E-state index contributed by atoms with van der Waals surface area (Å²) in [6, 6.07) is 7.24. The first-order valence-electron chi connectivity index (χ1n) is 7.37. The molecule has 2 aromatic rings. The lowest BCUT2D eigenvalue weighted by molar-refractivity contribution is -0.123. The second-order valence-corrected chi connectivity index (χ2v) is 7.04. The summed E-state index contributed by atoms with van der Waals surface area (Å²) in [6.45, 7) is 6.70. The van der Waals surface area contributed by atoms with Crippen LogP contribution in [0.25, 0.3) is 0 Å². The van der Waals surface area contributed by atoms with Crippen molar-refractivity contribution in [3.05, 3.63) is 40.3 Å². The van der Waals surface area contributed by atoms with E-state index in [1.165, 1.54) is 0 Å². The summed E-state index contributed by atoms with van der Waals surface area (Å²) >= 11 is 1.55. The molecule has 23 heavy (non-hydrogen) atoms. The van der Waals surface area contributed by atoms with Crippen molar-refractivity contribution in [3.63, 3.8) is 0 Å². The minimum absolute atomic E-state index is 0.0196. The van der Waals surface area contributed by atoms with Gasteiger partial charge in [0.2, 0.25) is 0 Å². The van der Waals surface area contributed by atoms with E-state index < -0.39 is 0 Å². The van der Waals surface area contributed by atoms with Crippen LogP contribution in [-0.4, -0.2) is 24.6 Å². The second-order valence-electron chi connectivity index (χ2n) is 6.09. The third-order valence-electron chi connectivity index (χ3n) is 3.18. The standard InChI is InChI=1S/C17H22N2O3S/c1-17(2,3)14-11-23-16(19-14)9-18-15(20)10-22-13-8-6-5-7-12(13)21-4/h5-8,11H,9-10H2,1-4H3,(H,18,20). The number of ether oxygens (including phenoxy) is 2. The van der Waals surface area contributed by atoms with E-state index in [4.69, 9.17) is 9.47 Å². The lowest BCUT2D eigenvalue weighted by Crippen LogP contribution is -2.28. The molecular weight excluding hydrogens is 312 g/mol. The first-order valence-corrected chi connectivity index (χ1v) is 8.25. The van der Waals surface area contributed by atoms with Gasteiger partial charge in [-0.1, -0.05) is 32.9 Å². The Kier molecular flexibility index (Phi) is 5.60. The number of carbonyl (C=O) groups excluding carboxylic acids is 1. The number of hydrogen-bond acceptors (Lipinski definition) is 5. The summed E-state index contributed by atoms with van der Waals surface area (Å²) in [5.74, 6) is 0.966. The lowest BCUT2D eigenvalue weighted by Gasteiger charge is -2.14. The third kappa shape index (κ3) is 4.96. The highest BCUT2D eigenvalue weighted by Crippen LogP contribution is 2.25. The van der Waals surface area contributed by atoms with Gasteiger partial charge in [0.1, 0.15) is 5.01 Å². The van der Waals surface area contributed by atoms with Gasteiger partial charge in [-0.25, -0.2) is 4.98 Å². The maximum absolute atomic E-state index is 11.9. The molecular formula is C17H22N2O3S. The van der Waals surface area contributed by atoms with Crippen molar-refractivity contribution < 1.29 is 14.3 Å². The fourth-order valence-corrected chi connectivity index (χ4v) is 2.80. The molecule has 0 spiro atoms. The molecule has 1 aromatic carbocycles. The monoisotopic (exact) mass is 334 g/mol. The quantitative estimate of drug-likeness (QED) is 0.881. The van der Waals surface area contributed by atoms with Crippen LogP contribution in [0.3, 0.4) is 0 Å². The van der Waals surface area contributed by atoms with Crippen LogP contribution in [0, 0.1) is 0 Å². The van der Waals surface area contributed by atoms with Crippen molar-refractivity contribution >= 4 is 17.2 Å². The first kappa shape index (κ1) is 17.3. The van der Waals surface area contributed by atoms with Crippen LogP contribution < -0.4 is 14.8 Å². The van der Waals surface area contributed by atoms with Gasteiger partial charge >= 0.3 is 0 Å². The molecule has 0 bridgehead atoms. The van der Waals surface area contributed by atoms with Crippen LogP contribution in [0.4, 0.5) is 0 Å². The Morgan fingerprint density at radius 2 is 1.96 bits per heavy atom. The molecule has 0 saturated carbocycles. The van der Waals surface area contributed by atoms with Crippen molar-refractivity contribution in [2.45, 2.75) is 32.7 Å². The van der Waals surface area contributed by atoms with E-state index in [0.717, 1.165) is 10.7 Å². The van der Waals surface area contributed by atoms with E-state index in [-0.39, 0.29) is 17.9 Å². The average molecular weight is 334 g/mol. The molecule has 6 heteroatoms. The molecule has 0 aliphatic rings. The van der Waals surface area contributed by atoms with Crippen LogP contribution in [0.5, 0.6) is 11.5 Å². The van der Waals surface area contributed by atoms with Gasteiger partial charge in [0.05, 0.1) is 19.3 Å². The van der Waals surface area contributed by atoms with Crippen molar-refractivity contribution in [2.75, 3.05) is 13.7 Å². The number of thiazole rings is 1. The molecule has 0 radical (unpaired) electrons. The van der Waals surface area contributed by atoms with Crippen molar-refractivity contribution in [1.82, 2.24) is 10.3 Å². The number of nitrogens with zero attached hydrogens (tertiary/aromatic N) is 1. The molecule has 0 atom stereocenters. The SMILES string of the molecule is COc1ccccc1OCC(=O)NCc1nc(C(C)(C)C)cs1. The Morgan fingerprint density at radius 3 is 2.57 bits per heavy atom. The smallest absolute Gasteiger partial charge is 0.258 e. The number of nitrogens with one attached hydrogen (secondary N) is 1. The van der Waals surface area contributed by atoms with Crippen molar-refractivity contribution in [1.29, 1.82) is 0 Å². The molecule has 1 amide bonds. The molecule has 1 heterocycles. The highest BCUT2D eigenvalue weighted by molar-refractivity contribution is 7.09. The second kappa shape index (κ2) is 7.46. The number of benzene rings is 1. The van der Waals surface area contributed by atoms with Crippen molar-refractivity contribution in [3.8, 4) is 11.5 Å². The fourth-order valence-electron chi connectivity index (χ4n) is 1.84. The Hall–Kier alpha value is -2.08. The van der Waals surface area contributed by atoms with Gasteiger partial charge < -0.3 is 14.8 Å². The molecule has 1 aromatic heterocycles. The summed E-state index contributed by atoms with van der Waals surface area (Å²) in [5, 5.41) is 5.74. The number of amides is 1.